The van der Waals surface area contributed by atoms with Crippen molar-refractivity contribution in [2.24, 2.45) is 0 Å². The fourth-order valence-electron chi connectivity index (χ4n) is 4.15. The third kappa shape index (κ3) is 2.18. The third-order valence-electron chi connectivity index (χ3n) is 6.39. The Hall–Kier alpha value is -2.41. The minimum atomic E-state index is -0.000189. The average Bonchev–Trinajstić information content (AvgIpc) is 2.61. The summed E-state index contributed by atoms with van der Waals surface area (Å²) in [6.45, 7) is 11.7. The van der Waals surface area contributed by atoms with Crippen LogP contribution in [0.3, 0.4) is 0 Å². The van der Waals surface area contributed by atoms with Gasteiger partial charge < -0.3 is 0 Å². The van der Waals surface area contributed by atoms with Crippen LogP contribution in [0.5, 0.6) is 0 Å². The summed E-state index contributed by atoms with van der Waals surface area (Å²) >= 11 is 0. The molecule has 0 radical (unpaired) electrons. The first-order valence-corrected chi connectivity index (χ1v) is 9.06. The molecule has 1 aromatic heterocycles. The van der Waals surface area contributed by atoms with Gasteiger partial charge in [0.1, 0.15) is 0 Å². The summed E-state index contributed by atoms with van der Waals surface area (Å²) in [4.78, 5) is 0. The van der Waals surface area contributed by atoms with E-state index in [0.29, 0.717) is 0 Å². The molecule has 0 unspecified atom stereocenters. The van der Waals surface area contributed by atoms with Gasteiger partial charge in [-0.1, -0.05) is 30.3 Å². The number of hydrogen-bond donors (Lipinski definition) is 0. The predicted octanol–water partition coefficient (Wildman–Crippen LogP) is 5.64. The molecule has 25 heavy (non-hydrogen) atoms. The molecule has 1 aliphatic heterocycles. The number of fused-ring (bicyclic) bond motifs is 3. The number of aryl methyl sites for hydroxylation is 1. The first kappa shape index (κ1) is 16.1. The highest BCUT2D eigenvalue weighted by atomic mass is 15.1. The van der Waals surface area contributed by atoms with Crippen LogP contribution < -0.4 is 4.57 Å². The molecule has 0 spiro atoms. The van der Waals surface area contributed by atoms with Crippen LogP contribution in [0, 0.1) is 6.92 Å². The van der Waals surface area contributed by atoms with Crippen molar-refractivity contribution in [3.63, 3.8) is 0 Å². The largest absolute Gasteiger partial charge is 0.213 e. The van der Waals surface area contributed by atoms with E-state index in [1.54, 1.807) is 0 Å². The lowest BCUT2D eigenvalue weighted by Crippen LogP contribution is -2.65. The lowest BCUT2D eigenvalue weighted by Gasteiger charge is -2.42. The fraction of sp³-hybridized carbons (Fsp3) is 0.292. The highest BCUT2D eigenvalue weighted by Gasteiger charge is 2.52. The molecule has 0 amide bonds. The van der Waals surface area contributed by atoms with Crippen LogP contribution in [0.2, 0.25) is 0 Å². The van der Waals surface area contributed by atoms with Crippen LogP contribution in [0.15, 0.2) is 66.9 Å². The first-order chi connectivity index (χ1) is 11.8. The molecule has 0 saturated heterocycles. The third-order valence-corrected chi connectivity index (χ3v) is 6.39. The molecule has 0 N–H and O–H groups in total. The zero-order chi connectivity index (χ0) is 17.8. The van der Waals surface area contributed by atoms with Crippen LogP contribution in [-0.2, 0) is 11.0 Å². The Balaban J connectivity index is 2.05. The molecule has 3 aromatic rings. The summed E-state index contributed by atoms with van der Waals surface area (Å²) in [6, 6.07) is 22.1. The normalized spacial score (nSPS) is 16.8. The van der Waals surface area contributed by atoms with Gasteiger partial charge in [0.2, 0.25) is 5.69 Å². The van der Waals surface area contributed by atoms with Gasteiger partial charge >= 0.3 is 0 Å². The van der Waals surface area contributed by atoms with E-state index in [-0.39, 0.29) is 11.0 Å². The summed E-state index contributed by atoms with van der Waals surface area (Å²) in [5.41, 5.74) is 8.10. The molecule has 1 heteroatoms. The quantitative estimate of drug-likeness (QED) is 0.509. The summed E-state index contributed by atoms with van der Waals surface area (Å²) in [5.74, 6) is 0. The molecule has 4 rings (SSSR count). The summed E-state index contributed by atoms with van der Waals surface area (Å²) < 4.78 is 2.44. The van der Waals surface area contributed by atoms with Gasteiger partial charge in [-0.25, -0.2) is 0 Å². The van der Waals surface area contributed by atoms with Crippen molar-refractivity contribution in [3.8, 4) is 22.4 Å². The van der Waals surface area contributed by atoms with Gasteiger partial charge in [0, 0.05) is 26.0 Å². The van der Waals surface area contributed by atoms with Crippen molar-refractivity contribution in [2.45, 2.75) is 45.6 Å². The number of aromatic nitrogens is 1. The predicted molar refractivity (Wildman–Crippen MR) is 105 cm³/mol. The Kier molecular flexibility index (Phi) is 3.40. The second kappa shape index (κ2) is 5.29. The van der Waals surface area contributed by atoms with E-state index < -0.39 is 0 Å². The molecule has 1 aliphatic rings. The Morgan fingerprint density at radius 2 is 1.44 bits per heavy atom. The zero-order valence-corrected chi connectivity index (χ0v) is 15.8. The van der Waals surface area contributed by atoms with E-state index in [9.17, 15) is 0 Å². The lowest BCUT2D eigenvalue weighted by molar-refractivity contribution is -0.760. The van der Waals surface area contributed by atoms with Crippen molar-refractivity contribution < 1.29 is 4.57 Å². The number of rotatable bonds is 1. The molecule has 0 fully saturated rings. The maximum absolute atomic E-state index is 2.44. The number of hydrogen-bond acceptors (Lipinski definition) is 0. The van der Waals surface area contributed by atoms with Crippen molar-refractivity contribution in [2.75, 3.05) is 0 Å². The fourth-order valence-corrected chi connectivity index (χ4v) is 4.15. The summed E-state index contributed by atoms with van der Waals surface area (Å²) in [7, 11) is 0. The monoisotopic (exact) mass is 328 g/mol. The van der Waals surface area contributed by atoms with Gasteiger partial charge in [-0.05, 0) is 61.2 Å². The van der Waals surface area contributed by atoms with Crippen LogP contribution in [0.4, 0.5) is 0 Å². The second-order valence-electron chi connectivity index (χ2n) is 8.22. The van der Waals surface area contributed by atoms with Crippen LogP contribution in [-0.4, -0.2) is 0 Å². The highest BCUT2D eigenvalue weighted by Crippen LogP contribution is 2.47. The van der Waals surface area contributed by atoms with Gasteiger partial charge in [0.25, 0.3) is 0 Å². The molecule has 2 aromatic carbocycles. The lowest BCUT2D eigenvalue weighted by atomic mass is 9.64. The number of nitrogens with zero attached hydrogens (tertiary/aromatic N) is 1. The zero-order valence-electron chi connectivity index (χ0n) is 15.8. The van der Waals surface area contributed by atoms with Gasteiger partial charge in [0.15, 0.2) is 11.7 Å². The minimum Gasteiger partial charge on any atom is -0.193 e. The standard InChI is InChI=1S/C24H26N/c1-17-15-20-21(16-19(17)18-11-7-6-8-12-18)23(2,3)24(4,5)25-14-10-9-13-22(20)25/h6-16H,1-5H3/q+1. The number of pyridine rings is 1. The van der Waals surface area contributed by atoms with Crippen LogP contribution in [0.1, 0.15) is 38.8 Å². The maximum atomic E-state index is 2.44. The molecular weight excluding hydrogens is 302 g/mol. The van der Waals surface area contributed by atoms with Gasteiger partial charge in [-0.3, -0.25) is 0 Å². The minimum absolute atomic E-state index is 0.000189. The van der Waals surface area contributed by atoms with Crippen LogP contribution >= 0.6 is 0 Å². The summed E-state index contributed by atoms with van der Waals surface area (Å²) in [5, 5.41) is 0. The van der Waals surface area contributed by atoms with Crippen molar-refractivity contribution in [1.82, 2.24) is 0 Å². The smallest absolute Gasteiger partial charge is 0.193 e. The second-order valence-corrected chi connectivity index (χ2v) is 8.22. The molecule has 0 bridgehead atoms. The van der Waals surface area contributed by atoms with E-state index in [4.69, 9.17) is 0 Å². The van der Waals surface area contributed by atoms with Crippen LogP contribution in [0.25, 0.3) is 22.4 Å². The average molecular weight is 328 g/mol. The highest BCUT2D eigenvalue weighted by molar-refractivity contribution is 5.76. The van der Waals surface area contributed by atoms with Gasteiger partial charge in [0.05, 0.1) is 11.0 Å². The first-order valence-electron chi connectivity index (χ1n) is 9.06. The van der Waals surface area contributed by atoms with Gasteiger partial charge in [-0.15, -0.1) is 0 Å². The van der Waals surface area contributed by atoms with E-state index >= 15 is 0 Å². The topological polar surface area (TPSA) is 3.88 Å². The molecule has 2 heterocycles. The molecular formula is C24H26N+. The maximum Gasteiger partial charge on any atom is 0.213 e. The number of benzene rings is 2. The Bertz CT molecular complexity index is 949. The Labute approximate surface area is 151 Å². The SMILES string of the molecule is Cc1cc2c(cc1-c1ccccc1)C(C)(C)C(C)(C)[n+]1ccccc1-2. The molecule has 1 nitrogen and oxygen atoms in total. The molecule has 0 aliphatic carbocycles. The van der Waals surface area contributed by atoms with E-state index in [1.165, 1.54) is 33.5 Å². The summed E-state index contributed by atoms with van der Waals surface area (Å²) in [6.07, 6.45) is 2.22. The van der Waals surface area contributed by atoms with Gasteiger partial charge in [-0.2, -0.15) is 4.57 Å². The van der Waals surface area contributed by atoms with Crippen molar-refractivity contribution in [1.29, 1.82) is 0 Å². The van der Waals surface area contributed by atoms with E-state index in [1.807, 2.05) is 0 Å². The molecule has 0 saturated carbocycles. The van der Waals surface area contributed by atoms with E-state index in [2.05, 4.69) is 106 Å². The molecule has 126 valence electrons. The van der Waals surface area contributed by atoms with Crippen molar-refractivity contribution in [3.05, 3.63) is 78.0 Å². The Morgan fingerprint density at radius 1 is 0.760 bits per heavy atom. The Morgan fingerprint density at radius 3 is 2.16 bits per heavy atom. The van der Waals surface area contributed by atoms with E-state index in [0.717, 1.165) is 0 Å². The van der Waals surface area contributed by atoms with Crippen molar-refractivity contribution >= 4 is 0 Å². The molecule has 0 atom stereocenters.